The summed E-state index contributed by atoms with van der Waals surface area (Å²) < 4.78 is 57.3. The highest BCUT2D eigenvalue weighted by atomic mass is 19.4. The molecule has 5 aliphatic rings. The number of quaternary nitrogens is 1. The summed E-state index contributed by atoms with van der Waals surface area (Å²) in [6.45, 7) is 8.75. The van der Waals surface area contributed by atoms with Gasteiger partial charge in [-0.05, 0) is 35.6 Å². The second-order valence-corrected chi connectivity index (χ2v) is 15.3. The van der Waals surface area contributed by atoms with Gasteiger partial charge in [-0.15, -0.1) is 0 Å². The van der Waals surface area contributed by atoms with Gasteiger partial charge in [-0.3, -0.25) is 9.59 Å². The molecule has 7 rings (SSSR count). The Bertz CT molecular complexity index is 1740. The fraction of sp³-hybridized carbons (Fsp3) is 0.500. The Morgan fingerprint density at radius 2 is 1.78 bits per heavy atom. The zero-order valence-electron chi connectivity index (χ0n) is 28.8. The van der Waals surface area contributed by atoms with Crippen LogP contribution in [0.4, 0.5) is 13.2 Å². The summed E-state index contributed by atoms with van der Waals surface area (Å²) in [7, 11) is 0. The van der Waals surface area contributed by atoms with E-state index in [2.05, 4.69) is 43.4 Å². The average molecular weight is 692 g/mol. The van der Waals surface area contributed by atoms with Crippen LogP contribution in [-0.4, -0.2) is 71.3 Å². The van der Waals surface area contributed by atoms with E-state index in [-0.39, 0.29) is 23.0 Å². The first-order chi connectivity index (χ1) is 23.8. The Kier molecular flexibility index (Phi) is 8.78. The molecule has 3 aliphatic carbocycles. The predicted octanol–water partition coefficient (Wildman–Crippen LogP) is 7.21. The maximum Gasteiger partial charge on any atom is 0.425 e. The Balaban J connectivity index is 1.29. The van der Waals surface area contributed by atoms with Crippen LogP contribution in [0.25, 0.3) is 5.76 Å². The van der Waals surface area contributed by atoms with Crippen molar-refractivity contribution in [3.63, 3.8) is 0 Å². The number of aliphatic hydroxyl groups is 1. The topological polar surface area (TPSA) is 84.9 Å². The predicted molar refractivity (Wildman–Crippen MR) is 182 cm³/mol. The Morgan fingerprint density at radius 3 is 2.44 bits per heavy atom. The lowest BCUT2D eigenvalue weighted by atomic mass is 9.50. The van der Waals surface area contributed by atoms with Crippen LogP contribution in [0.5, 0.6) is 0 Å². The van der Waals surface area contributed by atoms with Crippen molar-refractivity contribution in [2.75, 3.05) is 19.6 Å². The summed E-state index contributed by atoms with van der Waals surface area (Å²) in [5.74, 6) is -2.83. The molecule has 1 saturated carbocycles. The normalized spacial score (nSPS) is 33.1. The lowest BCUT2D eigenvalue weighted by Crippen LogP contribution is -2.71. The second kappa shape index (κ2) is 12.7. The van der Waals surface area contributed by atoms with E-state index in [1.165, 1.54) is 42.8 Å². The largest absolute Gasteiger partial charge is 0.506 e. The van der Waals surface area contributed by atoms with Crippen LogP contribution in [0.3, 0.4) is 0 Å². The number of alkyl halides is 3. The third-order valence-corrected chi connectivity index (χ3v) is 12.0. The van der Waals surface area contributed by atoms with Crippen molar-refractivity contribution in [2.45, 2.75) is 89.4 Å². The molecule has 1 amide bonds. The number of carbonyl (C=O) groups excluding carboxylic acids is 2. The van der Waals surface area contributed by atoms with Crippen molar-refractivity contribution in [3.8, 4) is 0 Å². The van der Waals surface area contributed by atoms with E-state index in [4.69, 9.17) is 9.47 Å². The fourth-order valence-corrected chi connectivity index (χ4v) is 10.3. The molecule has 2 aromatic rings. The monoisotopic (exact) mass is 691 g/mol. The zero-order chi connectivity index (χ0) is 35.5. The molecule has 0 radical (unpaired) electrons. The zero-order valence-corrected chi connectivity index (χ0v) is 28.8. The van der Waals surface area contributed by atoms with Gasteiger partial charge in [0.05, 0.1) is 31.8 Å². The van der Waals surface area contributed by atoms with E-state index in [9.17, 15) is 27.9 Å². The number of hydrogen-bond acceptors (Lipinski definition) is 5. The van der Waals surface area contributed by atoms with Gasteiger partial charge in [0.1, 0.15) is 11.9 Å². The summed E-state index contributed by atoms with van der Waals surface area (Å²) in [4.78, 5) is 26.5. The number of carbonyl (C=O) groups is 2. The summed E-state index contributed by atoms with van der Waals surface area (Å²) in [5, 5.41) is 13.2. The van der Waals surface area contributed by atoms with Gasteiger partial charge in [-0.1, -0.05) is 87.0 Å². The van der Waals surface area contributed by atoms with Gasteiger partial charge in [0, 0.05) is 49.0 Å². The maximum absolute atomic E-state index is 14.5. The first kappa shape index (κ1) is 34.6. The number of halogens is 3. The highest BCUT2D eigenvalue weighted by Crippen LogP contribution is 2.67. The number of esters is 1. The first-order valence-electron chi connectivity index (χ1n) is 17.9. The molecule has 2 saturated heterocycles. The van der Waals surface area contributed by atoms with Crippen molar-refractivity contribution in [2.24, 2.45) is 17.3 Å². The number of allylic oxidation sites excluding steroid dienone is 1. The van der Waals surface area contributed by atoms with Crippen molar-refractivity contribution >= 4 is 17.6 Å². The Morgan fingerprint density at radius 1 is 1.08 bits per heavy atom. The standard InChI is InChI=1S/C40H45F3N2O5/c1-25(2)24-45(21-18-27-11-6-4-7-12-27)22-20-38-30-15-10-16-32(38)49-36-33(38)29(23-31(30)45)17-19-39(36,50-26(3)46)44-37(48)34(40(41,42)43)35(47)28-13-8-5-9-14-28/h4-9,11-14,17,19,25,30-32,36H,10,15-16,18,20-24H2,1-3H3,(H-,44,47,48)/p+1/t30-,31+,32-,36?,38+,39?,45?/m0/s1. The summed E-state index contributed by atoms with van der Waals surface area (Å²) >= 11 is 0. The molecule has 7 nitrogen and oxygen atoms in total. The number of nitrogens with zero attached hydrogens (tertiary/aromatic N) is 1. The maximum atomic E-state index is 14.5. The smallest absolute Gasteiger partial charge is 0.425 e. The van der Waals surface area contributed by atoms with E-state index < -0.39 is 41.2 Å². The van der Waals surface area contributed by atoms with E-state index in [1.54, 1.807) is 6.07 Å². The molecule has 10 heteroatoms. The number of amides is 1. The number of aliphatic hydroxyl groups excluding tert-OH is 1. The van der Waals surface area contributed by atoms with E-state index >= 15 is 0 Å². The molecule has 266 valence electrons. The van der Waals surface area contributed by atoms with Gasteiger partial charge in [-0.25, -0.2) is 0 Å². The van der Waals surface area contributed by atoms with Gasteiger partial charge < -0.3 is 24.4 Å². The van der Waals surface area contributed by atoms with Crippen molar-refractivity contribution in [1.29, 1.82) is 0 Å². The molecule has 2 bridgehead atoms. The van der Waals surface area contributed by atoms with Crippen LogP contribution in [0, 0.1) is 17.3 Å². The number of benzene rings is 2. The highest BCUT2D eigenvalue weighted by Gasteiger charge is 2.72. The van der Waals surface area contributed by atoms with E-state index in [0.29, 0.717) is 12.0 Å². The van der Waals surface area contributed by atoms with Crippen molar-refractivity contribution < 1.29 is 41.8 Å². The van der Waals surface area contributed by atoms with Gasteiger partial charge in [0.15, 0.2) is 5.57 Å². The molecule has 0 aromatic heterocycles. The molecule has 2 N–H and O–H groups in total. The molecule has 1 spiro atoms. The van der Waals surface area contributed by atoms with Crippen molar-refractivity contribution in [1.82, 2.24) is 5.32 Å². The van der Waals surface area contributed by atoms with Crippen LogP contribution < -0.4 is 5.32 Å². The van der Waals surface area contributed by atoms with Crippen LogP contribution in [-0.2, 0) is 25.5 Å². The Labute approximate surface area is 291 Å². The number of rotatable bonds is 9. The minimum Gasteiger partial charge on any atom is -0.506 e. The van der Waals surface area contributed by atoms with Crippen LogP contribution >= 0.6 is 0 Å². The minimum absolute atomic E-state index is 0.165. The average Bonchev–Trinajstić information content (AvgIpc) is 3.42. The van der Waals surface area contributed by atoms with Gasteiger partial charge in [0.2, 0.25) is 5.72 Å². The fourth-order valence-electron chi connectivity index (χ4n) is 10.3. The third kappa shape index (κ3) is 5.68. The van der Waals surface area contributed by atoms with Crippen LogP contribution in [0.2, 0.25) is 0 Å². The summed E-state index contributed by atoms with van der Waals surface area (Å²) in [6.07, 6.45) is 2.25. The number of nitrogens with one attached hydrogen (secondary N) is 1. The first-order valence-corrected chi connectivity index (χ1v) is 17.9. The van der Waals surface area contributed by atoms with Gasteiger partial charge >= 0.3 is 12.1 Å². The molecular weight excluding hydrogens is 645 g/mol. The highest BCUT2D eigenvalue weighted by molar-refractivity contribution is 6.01. The van der Waals surface area contributed by atoms with Crippen LogP contribution in [0.15, 0.2) is 89.5 Å². The third-order valence-electron chi connectivity index (χ3n) is 12.0. The van der Waals surface area contributed by atoms with E-state index in [0.717, 1.165) is 73.8 Å². The number of ether oxygens (including phenoxy) is 2. The second-order valence-electron chi connectivity index (χ2n) is 15.3. The minimum atomic E-state index is -5.21. The number of likely N-dealkylation sites (tertiary alicyclic amines) is 1. The van der Waals surface area contributed by atoms with E-state index in [1.807, 2.05) is 12.1 Å². The summed E-state index contributed by atoms with van der Waals surface area (Å²) in [6, 6.07) is 18.0. The molecule has 7 atom stereocenters. The molecule has 50 heavy (non-hydrogen) atoms. The molecule has 2 aliphatic heterocycles. The quantitative estimate of drug-likeness (QED) is 0.0956. The molecule has 2 aromatic carbocycles. The van der Waals surface area contributed by atoms with Gasteiger partial charge in [-0.2, -0.15) is 13.2 Å². The SMILES string of the molecule is CC(=O)OC1(NC(=O)C(=C(O)c2ccccc2)C(F)(F)F)C=CC2=C3C1O[C@H]1CCC[C@H]4[C@@H](C2)[N+](CCc2ccccc2)(CC(C)C)CC[C@]314. The number of hydrogen-bond donors (Lipinski definition) is 2. The number of piperidine rings is 1. The van der Waals surface area contributed by atoms with Crippen LogP contribution in [0.1, 0.15) is 64.0 Å². The lowest BCUT2D eigenvalue weighted by Gasteiger charge is -2.63. The molecule has 3 unspecified atom stereocenters. The van der Waals surface area contributed by atoms with Crippen molar-refractivity contribution in [3.05, 3.63) is 101 Å². The lowest BCUT2D eigenvalue weighted by molar-refractivity contribution is -0.965. The molecular formula is C40H46F3N2O5+. The Hall–Kier alpha value is -3.89. The molecule has 2 heterocycles. The van der Waals surface area contributed by atoms with Gasteiger partial charge in [0.25, 0.3) is 5.91 Å². The summed E-state index contributed by atoms with van der Waals surface area (Å²) in [5.41, 5.74) is -0.993. The molecule has 3 fully saturated rings.